The molecule has 3 N–H and O–H groups in total. The summed E-state index contributed by atoms with van der Waals surface area (Å²) in [4.78, 5) is 21.0. The summed E-state index contributed by atoms with van der Waals surface area (Å²) in [7, 11) is 1.77. The number of hydrogen-bond acceptors (Lipinski definition) is 6. The second-order valence-corrected chi connectivity index (χ2v) is 9.75. The Morgan fingerprint density at radius 1 is 1.30 bits per heavy atom. The molecule has 1 atom stereocenters. The van der Waals surface area contributed by atoms with Crippen LogP contribution >= 0.6 is 0 Å². The number of aliphatic hydroxyl groups is 1. The first-order chi connectivity index (χ1) is 17.8. The minimum absolute atomic E-state index is 0.135. The lowest BCUT2D eigenvalue weighted by Crippen LogP contribution is -2.44. The topological polar surface area (TPSA) is 109 Å². The lowest BCUT2D eigenvalue weighted by Gasteiger charge is -2.33. The van der Waals surface area contributed by atoms with E-state index in [0.717, 1.165) is 28.2 Å². The predicted octanol–water partition coefficient (Wildman–Crippen LogP) is 4.58. The Hall–Kier alpha value is -4.11. The Morgan fingerprint density at radius 3 is 2.86 bits per heavy atom. The van der Waals surface area contributed by atoms with Gasteiger partial charge in [-0.3, -0.25) is 4.90 Å². The highest BCUT2D eigenvalue weighted by molar-refractivity contribution is 5.95. The highest BCUT2D eigenvalue weighted by Crippen LogP contribution is 2.37. The first-order valence-corrected chi connectivity index (χ1v) is 12.4. The smallest absolute Gasteiger partial charge is 0.328 e. The molecule has 9 nitrogen and oxygen atoms in total. The van der Waals surface area contributed by atoms with E-state index in [1.807, 2.05) is 42.5 Å². The fourth-order valence-electron chi connectivity index (χ4n) is 4.97. The van der Waals surface area contributed by atoms with Crippen molar-refractivity contribution in [2.24, 2.45) is 0 Å². The molecule has 37 heavy (non-hydrogen) atoms. The standard InChI is InChI=1S/C28H32N6O3/c1-17(2)23-15-21(25-27(29)30-16-31-34(23)25)26(35)19-9-10-20(14-18(3)13-19)32(4)28(36)33-11-12-37-24-8-6-5-7-22(24)33/h5-8,10,13,15-17,26,35H,3,9,11-12,14H2,1-2,4H3,(H2,29,30,31). The van der Waals surface area contributed by atoms with Crippen molar-refractivity contribution in [2.75, 3.05) is 30.8 Å². The summed E-state index contributed by atoms with van der Waals surface area (Å²) in [5, 5.41) is 15.9. The highest BCUT2D eigenvalue weighted by Gasteiger charge is 2.29. The number of benzene rings is 1. The molecular weight excluding hydrogens is 468 g/mol. The summed E-state index contributed by atoms with van der Waals surface area (Å²) < 4.78 is 7.46. The van der Waals surface area contributed by atoms with E-state index in [9.17, 15) is 9.90 Å². The molecule has 192 valence electrons. The molecule has 0 saturated heterocycles. The largest absolute Gasteiger partial charge is 0.490 e. The Bertz CT molecular complexity index is 1440. The number of anilines is 2. The third-order valence-electron chi connectivity index (χ3n) is 6.93. The van der Waals surface area contributed by atoms with Gasteiger partial charge >= 0.3 is 6.03 Å². The number of urea groups is 1. The number of nitrogens with zero attached hydrogens (tertiary/aromatic N) is 5. The third-order valence-corrected chi connectivity index (χ3v) is 6.93. The van der Waals surface area contributed by atoms with Gasteiger partial charge in [-0.05, 0) is 41.7 Å². The molecule has 2 amide bonds. The maximum Gasteiger partial charge on any atom is 0.328 e. The molecule has 5 rings (SSSR count). The van der Waals surface area contributed by atoms with Crippen LogP contribution in [0.1, 0.15) is 50.0 Å². The fraction of sp³-hybridized carbons (Fsp3) is 0.321. The van der Waals surface area contributed by atoms with Crippen LogP contribution in [0.15, 0.2) is 72.2 Å². The molecule has 1 aromatic carbocycles. The van der Waals surface area contributed by atoms with Gasteiger partial charge in [0.2, 0.25) is 0 Å². The van der Waals surface area contributed by atoms with Gasteiger partial charge in [-0.25, -0.2) is 14.3 Å². The maximum atomic E-state index is 13.5. The second-order valence-electron chi connectivity index (χ2n) is 9.75. The summed E-state index contributed by atoms with van der Waals surface area (Å²) in [6.45, 7) is 9.25. The zero-order valence-electron chi connectivity index (χ0n) is 21.4. The molecule has 9 heteroatoms. The molecule has 1 aliphatic carbocycles. The number of hydrogen-bond donors (Lipinski definition) is 2. The summed E-state index contributed by atoms with van der Waals surface area (Å²) in [5.74, 6) is 1.19. The lowest BCUT2D eigenvalue weighted by atomic mass is 9.98. The van der Waals surface area contributed by atoms with Crippen molar-refractivity contribution in [2.45, 2.75) is 38.7 Å². The van der Waals surface area contributed by atoms with Crippen molar-refractivity contribution < 1.29 is 14.6 Å². The number of nitrogens with two attached hydrogens (primary N) is 1. The third kappa shape index (κ3) is 4.46. The van der Waals surface area contributed by atoms with Gasteiger partial charge in [0.1, 0.15) is 30.3 Å². The van der Waals surface area contributed by atoms with Gasteiger partial charge in [0.25, 0.3) is 0 Å². The van der Waals surface area contributed by atoms with Gasteiger partial charge < -0.3 is 20.5 Å². The zero-order valence-corrected chi connectivity index (χ0v) is 21.4. The molecular formula is C28H32N6O3. The number of rotatable bonds is 4. The van der Waals surface area contributed by atoms with E-state index in [4.69, 9.17) is 10.5 Å². The molecule has 0 bridgehead atoms. The number of carbonyl (C=O) groups excluding carboxylic acids is 1. The van der Waals surface area contributed by atoms with E-state index in [1.54, 1.807) is 21.4 Å². The monoisotopic (exact) mass is 500 g/mol. The number of para-hydroxylation sites is 2. The average Bonchev–Trinajstić information content (AvgIpc) is 3.19. The first kappa shape index (κ1) is 24.6. The fourth-order valence-corrected chi connectivity index (χ4v) is 4.97. The number of carbonyl (C=O) groups is 1. The Labute approximate surface area is 216 Å². The van der Waals surface area contributed by atoms with E-state index in [1.165, 1.54) is 6.33 Å². The number of fused-ring (bicyclic) bond motifs is 2. The molecule has 2 aromatic heterocycles. The van der Waals surface area contributed by atoms with Crippen LogP contribution in [0.2, 0.25) is 0 Å². The SMILES string of the molecule is C=C1C=C(C(O)c2cc(C(C)C)n3ncnc(N)c23)CC=C(N(C)C(=O)N2CCOc3ccccc32)C1. The van der Waals surface area contributed by atoms with Crippen LogP contribution in [-0.2, 0) is 0 Å². The van der Waals surface area contributed by atoms with E-state index < -0.39 is 6.10 Å². The van der Waals surface area contributed by atoms with E-state index in [2.05, 4.69) is 30.5 Å². The maximum absolute atomic E-state index is 13.5. The van der Waals surface area contributed by atoms with Gasteiger partial charge in [-0.2, -0.15) is 5.10 Å². The summed E-state index contributed by atoms with van der Waals surface area (Å²) in [6, 6.07) is 9.36. The minimum Gasteiger partial charge on any atom is -0.490 e. The second kappa shape index (κ2) is 9.74. The van der Waals surface area contributed by atoms with Crippen molar-refractivity contribution in [3.05, 3.63) is 83.5 Å². The van der Waals surface area contributed by atoms with Gasteiger partial charge in [0.15, 0.2) is 5.82 Å². The van der Waals surface area contributed by atoms with E-state index >= 15 is 0 Å². The number of allylic oxidation sites excluding steroid dienone is 3. The molecule has 0 spiro atoms. The molecule has 0 fully saturated rings. The van der Waals surface area contributed by atoms with E-state index in [-0.39, 0.29) is 11.9 Å². The van der Waals surface area contributed by atoms with Crippen LogP contribution in [0.25, 0.3) is 5.52 Å². The van der Waals surface area contributed by atoms with Crippen molar-refractivity contribution in [3.63, 3.8) is 0 Å². The number of amides is 2. The van der Waals surface area contributed by atoms with Gasteiger partial charge in [-0.15, -0.1) is 0 Å². The van der Waals surface area contributed by atoms with Crippen LogP contribution in [0.4, 0.5) is 16.3 Å². The predicted molar refractivity (Wildman–Crippen MR) is 143 cm³/mol. The Balaban J connectivity index is 1.42. The normalized spacial score (nSPS) is 16.6. The van der Waals surface area contributed by atoms with Crippen LogP contribution < -0.4 is 15.4 Å². The van der Waals surface area contributed by atoms with Crippen LogP contribution in [0.3, 0.4) is 0 Å². The van der Waals surface area contributed by atoms with Gasteiger partial charge in [0.05, 0.1) is 12.2 Å². The molecule has 3 aromatic rings. The number of aliphatic hydroxyl groups excluding tert-OH is 1. The van der Waals surface area contributed by atoms with Gasteiger partial charge in [0, 0.05) is 30.4 Å². The quantitative estimate of drug-likeness (QED) is 0.543. The number of nitrogen functional groups attached to an aromatic ring is 1. The Kier molecular flexibility index (Phi) is 6.47. The van der Waals surface area contributed by atoms with Crippen LogP contribution in [0, 0.1) is 0 Å². The number of ether oxygens (including phenoxy) is 1. The average molecular weight is 501 g/mol. The summed E-state index contributed by atoms with van der Waals surface area (Å²) in [5.41, 5.74) is 11.6. The minimum atomic E-state index is -0.921. The Morgan fingerprint density at radius 2 is 2.08 bits per heavy atom. The van der Waals surface area contributed by atoms with Crippen LogP contribution in [-0.4, -0.2) is 50.8 Å². The molecule has 1 aliphatic heterocycles. The van der Waals surface area contributed by atoms with Crippen molar-refractivity contribution in [1.82, 2.24) is 19.5 Å². The molecule has 1 unspecified atom stereocenters. The molecule has 2 aliphatic rings. The van der Waals surface area contributed by atoms with Crippen molar-refractivity contribution >= 4 is 23.1 Å². The first-order valence-electron chi connectivity index (χ1n) is 12.4. The summed E-state index contributed by atoms with van der Waals surface area (Å²) >= 11 is 0. The number of aromatic nitrogens is 3. The highest BCUT2D eigenvalue weighted by atomic mass is 16.5. The molecule has 3 heterocycles. The summed E-state index contributed by atoms with van der Waals surface area (Å²) in [6.07, 6.45) is 5.34. The lowest BCUT2D eigenvalue weighted by molar-refractivity contribution is 0.214. The zero-order chi connectivity index (χ0) is 26.3. The van der Waals surface area contributed by atoms with Crippen LogP contribution in [0.5, 0.6) is 5.75 Å². The van der Waals surface area contributed by atoms with E-state index in [0.29, 0.717) is 48.6 Å². The van der Waals surface area contributed by atoms with Gasteiger partial charge in [-0.1, -0.05) is 44.7 Å². The van der Waals surface area contributed by atoms with Crippen molar-refractivity contribution in [3.8, 4) is 5.75 Å². The van der Waals surface area contributed by atoms with Crippen molar-refractivity contribution in [1.29, 1.82) is 0 Å². The molecule has 0 radical (unpaired) electrons. The molecule has 0 saturated carbocycles.